The SMILES string of the molecule is CCC(N)c1ccn2cc(C)nc2n1. The van der Waals surface area contributed by atoms with E-state index >= 15 is 0 Å². The van der Waals surface area contributed by atoms with Crippen LogP contribution >= 0.6 is 0 Å². The summed E-state index contributed by atoms with van der Waals surface area (Å²) >= 11 is 0. The third-order valence-electron chi connectivity index (χ3n) is 2.29. The quantitative estimate of drug-likeness (QED) is 0.779. The summed E-state index contributed by atoms with van der Waals surface area (Å²) in [5.41, 5.74) is 7.77. The Balaban J connectivity index is 2.50. The molecule has 0 fully saturated rings. The van der Waals surface area contributed by atoms with Gasteiger partial charge in [0.1, 0.15) is 0 Å². The van der Waals surface area contributed by atoms with E-state index in [1.54, 1.807) is 0 Å². The summed E-state index contributed by atoms with van der Waals surface area (Å²) in [7, 11) is 0. The number of fused-ring (bicyclic) bond motifs is 1. The van der Waals surface area contributed by atoms with Gasteiger partial charge in [0.2, 0.25) is 5.78 Å². The first-order chi connectivity index (χ1) is 6.70. The van der Waals surface area contributed by atoms with E-state index in [0.29, 0.717) is 0 Å². The van der Waals surface area contributed by atoms with Gasteiger partial charge in [0.15, 0.2) is 0 Å². The minimum atomic E-state index is 0.0111. The van der Waals surface area contributed by atoms with Crippen molar-refractivity contribution in [1.82, 2.24) is 14.4 Å². The average molecular weight is 190 g/mol. The summed E-state index contributed by atoms with van der Waals surface area (Å²) in [6, 6.07) is 1.96. The smallest absolute Gasteiger partial charge is 0.234 e. The van der Waals surface area contributed by atoms with E-state index in [1.165, 1.54) is 0 Å². The summed E-state index contributed by atoms with van der Waals surface area (Å²) in [6.45, 7) is 4.00. The Morgan fingerprint density at radius 3 is 3.00 bits per heavy atom. The zero-order valence-electron chi connectivity index (χ0n) is 8.44. The molecule has 74 valence electrons. The van der Waals surface area contributed by atoms with Gasteiger partial charge in [0, 0.05) is 18.4 Å². The fraction of sp³-hybridized carbons (Fsp3) is 0.400. The van der Waals surface area contributed by atoms with Crippen LogP contribution in [0.25, 0.3) is 5.78 Å². The Hall–Kier alpha value is -1.42. The summed E-state index contributed by atoms with van der Waals surface area (Å²) in [5.74, 6) is 0.726. The van der Waals surface area contributed by atoms with Crippen molar-refractivity contribution in [3.05, 3.63) is 29.8 Å². The molecule has 1 unspecified atom stereocenters. The molecule has 0 aliphatic heterocycles. The molecule has 0 amide bonds. The molecule has 0 spiro atoms. The Morgan fingerprint density at radius 2 is 2.29 bits per heavy atom. The first-order valence-corrected chi connectivity index (χ1v) is 4.78. The lowest BCUT2D eigenvalue weighted by Gasteiger charge is -2.07. The number of hydrogen-bond acceptors (Lipinski definition) is 3. The lowest BCUT2D eigenvalue weighted by molar-refractivity contribution is 0.674. The molecule has 4 nitrogen and oxygen atoms in total. The summed E-state index contributed by atoms with van der Waals surface area (Å²) in [4.78, 5) is 8.68. The number of imidazole rings is 1. The molecule has 0 radical (unpaired) electrons. The standard InChI is InChI=1S/C10H14N4/c1-3-8(11)9-4-5-14-6-7(2)12-10(14)13-9/h4-6,8H,3,11H2,1-2H3. The van der Waals surface area contributed by atoms with Crippen LogP contribution in [0.2, 0.25) is 0 Å². The van der Waals surface area contributed by atoms with E-state index in [1.807, 2.05) is 36.7 Å². The maximum absolute atomic E-state index is 5.89. The minimum absolute atomic E-state index is 0.0111. The van der Waals surface area contributed by atoms with E-state index in [-0.39, 0.29) is 6.04 Å². The van der Waals surface area contributed by atoms with Crippen LogP contribution in [0.1, 0.15) is 30.8 Å². The fourth-order valence-electron chi connectivity index (χ4n) is 1.42. The van der Waals surface area contributed by atoms with Crippen LogP contribution < -0.4 is 5.73 Å². The van der Waals surface area contributed by atoms with E-state index in [0.717, 1.165) is 23.6 Å². The highest BCUT2D eigenvalue weighted by atomic mass is 15.1. The maximum atomic E-state index is 5.89. The Morgan fingerprint density at radius 1 is 1.50 bits per heavy atom. The van der Waals surface area contributed by atoms with E-state index in [4.69, 9.17) is 5.73 Å². The molecule has 14 heavy (non-hydrogen) atoms. The number of rotatable bonds is 2. The van der Waals surface area contributed by atoms with Crippen LogP contribution in [0.3, 0.4) is 0 Å². The van der Waals surface area contributed by atoms with Crippen molar-refractivity contribution >= 4 is 5.78 Å². The van der Waals surface area contributed by atoms with Crippen molar-refractivity contribution in [3.8, 4) is 0 Å². The van der Waals surface area contributed by atoms with Crippen molar-refractivity contribution in [2.24, 2.45) is 5.73 Å². The first kappa shape index (κ1) is 9.15. The molecule has 2 N–H and O–H groups in total. The summed E-state index contributed by atoms with van der Waals surface area (Å²) in [6.07, 6.45) is 4.79. The van der Waals surface area contributed by atoms with Gasteiger partial charge in [-0.1, -0.05) is 6.92 Å². The monoisotopic (exact) mass is 190 g/mol. The number of aromatic nitrogens is 3. The molecular weight excluding hydrogens is 176 g/mol. The first-order valence-electron chi connectivity index (χ1n) is 4.78. The van der Waals surface area contributed by atoms with Crippen LogP contribution in [0, 0.1) is 6.92 Å². The summed E-state index contributed by atoms with van der Waals surface area (Å²) < 4.78 is 1.90. The molecule has 4 heteroatoms. The Labute approximate surface area is 82.8 Å². The topological polar surface area (TPSA) is 56.2 Å². The van der Waals surface area contributed by atoms with Gasteiger partial charge >= 0.3 is 0 Å². The van der Waals surface area contributed by atoms with Crippen molar-refractivity contribution in [2.75, 3.05) is 0 Å². The molecule has 0 saturated heterocycles. The molecule has 2 aromatic heterocycles. The highest BCUT2D eigenvalue weighted by Crippen LogP contribution is 2.11. The average Bonchev–Trinajstić information content (AvgIpc) is 2.55. The second-order valence-electron chi connectivity index (χ2n) is 3.46. The maximum Gasteiger partial charge on any atom is 0.234 e. The van der Waals surface area contributed by atoms with E-state index in [9.17, 15) is 0 Å². The van der Waals surface area contributed by atoms with Gasteiger partial charge in [-0.15, -0.1) is 0 Å². The Bertz CT molecular complexity index is 446. The molecule has 0 bridgehead atoms. The van der Waals surface area contributed by atoms with Gasteiger partial charge in [0.25, 0.3) is 0 Å². The third-order valence-corrected chi connectivity index (χ3v) is 2.29. The number of nitrogens with zero attached hydrogens (tertiary/aromatic N) is 3. The lowest BCUT2D eigenvalue weighted by atomic mass is 10.2. The zero-order chi connectivity index (χ0) is 10.1. The molecule has 2 aromatic rings. The lowest BCUT2D eigenvalue weighted by Crippen LogP contribution is -2.11. The Kier molecular flexibility index (Phi) is 2.21. The highest BCUT2D eigenvalue weighted by Gasteiger charge is 2.06. The van der Waals surface area contributed by atoms with Crippen molar-refractivity contribution in [2.45, 2.75) is 26.3 Å². The molecule has 0 aliphatic rings. The van der Waals surface area contributed by atoms with Gasteiger partial charge < -0.3 is 5.73 Å². The van der Waals surface area contributed by atoms with Gasteiger partial charge in [-0.2, -0.15) is 0 Å². The fourth-order valence-corrected chi connectivity index (χ4v) is 1.42. The van der Waals surface area contributed by atoms with Crippen LogP contribution in [0.5, 0.6) is 0 Å². The predicted octanol–water partition coefficient (Wildman–Crippen LogP) is 1.45. The molecule has 1 atom stereocenters. The minimum Gasteiger partial charge on any atom is -0.323 e. The van der Waals surface area contributed by atoms with Gasteiger partial charge in [-0.05, 0) is 19.4 Å². The predicted molar refractivity (Wildman–Crippen MR) is 54.9 cm³/mol. The van der Waals surface area contributed by atoms with Gasteiger partial charge in [0.05, 0.1) is 11.4 Å². The number of aryl methyl sites for hydroxylation is 1. The van der Waals surface area contributed by atoms with Crippen molar-refractivity contribution in [3.63, 3.8) is 0 Å². The second kappa shape index (κ2) is 3.38. The van der Waals surface area contributed by atoms with Crippen LogP contribution in [-0.4, -0.2) is 14.4 Å². The third kappa shape index (κ3) is 1.48. The highest BCUT2D eigenvalue weighted by molar-refractivity contribution is 5.32. The molecule has 0 saturated carbocycles. The summed E-state index contributed by atoms with van der Waals surface area (Å²) in [5, 5.41) is 0. The number of nitrogens with two attached hydrogens (primary N) is 1. The molecular formula is C10H14N4. The molecule has 0 aliphatic carbocycles. The van der Waals surface area contributed by atoms with Gasteiger partial charge in [-0.3, -0.25) is 4.40 Å². The van der Waals surface area contributed by atoms with Crippen LogP contribution in [0.15, 0.2) is 18.5 Å². The number of hydrogen-bond donors (Lipinski definition) is 1. The van der Waals surface area contributed by atoms with Crippen molar-refractivity contribution < 1.29 is 0 Å². The van der Waals surface area contributed by atoms with Crippen LogP contribution in [0.4, 0.5) is 0 Å². The zero-order valence-corrected chi connectivity index (χ0v) is 8.44. The van der Waals surface area contributed by atoms with Crippen molar-refractivity contribution in [1.29, 1.82) is 0 Å². The van der Waals surface area contributed by atoms with Gasteiger partial charge in [-0.25, -0.2) is 9.97 Å². The van der Waals surface area contributed by atoms with Crippen LogP contribution in [-0.2, 0) is 0 Å². The normalized spacial score (nSPS) is 13.4. The molecule has 2 rings (SSSR count). The van der Waals surface area contributed by atoms with E-state index in [2.05, 4.69) is 9.97 Å². The molecule has 0 aromatic carbocycles. The second-order valence-corrected chi connectivity index (χ2v) is 3.46. The van der Waals surface area contributed by atoms with E-state index < -0.39 is 0 Å². The largest absolute Gasteiger partial charge is 0.323 e. The molecule has 2 heterocycles.